The Morgan fingerprint density at radius 2 is 1.00 bits per heavy atom. The smallest absolute Gasteiger partial charge is 0.379 e. The van der Waals surface area contributed by atoms with Crippen LogP contribution in [0.3, 0.4) is 0 Å². The van der Waals surface area contributed by atoms with Crippen molar-refractivity contribution >= 4 is 7.82 Å². The van der Waals surface area contributed by atoms with Gasteiger partial charge in [0.15, 0.2) is 0 Å². The largest absolute Gasteiger partial charge is 0.466 e. The number of hydrogen-bond acceptors (Lipinski definition) is 5. The van der Waals surface area contributed by atoms with Crippen LogP contribution in [0.4, 0.5) is 0 Å². The van der Waals surface area contributed by atoms with E-state index < -0.39 is 26.5 Å². The molecular formula is C6H18NO7P. The summed E-state index contributed by atoms with van der Waals surface area (Å²) in [6.45, 7) is 4.46. The molecule has 0 aromatic heterocycles. The van der Waals surface area contributed by atoms with Crippen molar-refractivity contribution in [2.45, 2.75) is 39.5 Å². The van der Waals surface area contributed by atoms with Crippen LogP contribution in [0.15, 0.2) is 0 Å². The normalized spacial score (nSPS) is 17.7. The van der Waals surface area contributed by atoms with E-state index in [1.54, 1.807) is 0 Å². The zero-order valence-electron chi connectivity index (χ0n) is 8.72. The first-order valence-corrected chi connectivity index (χ1v) is 5.63. The van der Waals surface area contributed by atoms with E-state index in [0.717, 1.165) is 0 Å². The molecule has 15 heavy (non-hydrogen) atoms. The summed E-state index contributed by atoms with van der Waals surface area (Å²) in [5.74, 6) is 0. The fourth-order valence-electron chi connectivity index (χ4n) is 0.937. The summed E-state index contributed by atoms with van der Waals surface area (Å²) in [4.78, 5) is 22.7. The summed E-state index contributed by atoms with van der Waals surface area (Å²) in [5, 5.41) is 26.9. The van der Waals surface area contributed by atoms with Crippen molar-refractivity contribution < 1.29 is 34.6 Å². The molecule has 0 fully saturated rings. The van der Waals surface area contributed by atoms with Gasteiger partial charge in [-0.1, -0.05) is 0 Å². The Morgan fingerprint density at radius 3 is 1.00 bits per heavy atom. The molecule has 0 spiro atoms. The average Bonchev–Trinajstić information content (AvgIpc) is 1.77. The zero-order chi connectivity index (χ0) is 12.8. The minimum atomic E-state index is -4.64. The van der Waals surface area contributed by atoms with Crippen LogP contribution >= 0.6 is 7.82 Å². The molecule has 0 saturated carbocycles. The van der Waals surface area contributed by atoms with E-state index in [1.807, 2.05) is 0 Å². The predicted octanol–water partition coefficient (Wildman–Crippen LogP) is -1.63. The molecule has 94 valence electrons. The van der Waals surface area contributed by atoms with E-state index in [-0.39, 0.29) is 0 Å². The molecule has 0 amide bonds. The minimum absolute atomic E-state index is 0.833. The van der Waals surface area contributed by atoms with E-state index >= 15 is 0 Å². The number of aliphatic hydroxyl groups excluding tert-OH is 3. The predicted molar refractivity (Wildman–Crippen MR) is 51.1 cm³/mol. The van der Waals surface area contributed by atoms with Gasteiger partial charge in [0, 0.05) is 0 Å². The molecule has 6 N–H and O–H groups in total. The Kier molecular flexibility index (Phi) is 8.40. The summed E-state index contributed by atoms with van der Waals surface area (Å²) in [7, 11) is -4.64. The van der Waals surface area contributed by atoms with Crippen LogP contribution in [0.1, 0.15) is 20.8 Å². The average molecular weight is 247 g/mol. The summed E-state index contributed by atoms with van der Waals surface area (Å²) < 4.78 is 8.88. The first kappa shape index (κ1) is 17.3. The molecule has 0 rings (SSSR count). The zero-order valence-corrected chi connectivity index (χ0v) is 9.61. The van der Waals surface area contributed by atoms with Crippen LogP contribution in [0.5, 0.6) is 0 Å². The van der Waals surface area contributed by atoms with Gasteiger partial charge in [-0.05, 0) is 20.8 Å². The number of nitrogens with zero attached hydrogens (tertiary/aromatic N) is 1. The molecule has 9 heteroatoms. The summed E-state index contributed by atoms with van der Waals surface area (Å²) >= 11 is 0. The van der Waals surface area contributed by atoms with Crippen LogP contribution in [-0.2, 0) is 4.57 Å². The van der Waals surface area contributed by atoms with E-state index in [9.17, 15) is 0 Å². The Bertz CT molecular complexity index is 174. The summed E-state index contributed by atoms with van der Waals surface area (Å²) in [6.07, 6.45) is -2.50. The molecule has 3 unspecified atom stereocenters. The van der Waals surface area contributed by atoms with Crippen molar-refractivity contribution in [2.75, 3.05) is 0 Å². The van der Waals surface area contributed by atoms with Crippen LogP contribution < -0.4 is 0 Å². The minimum Gasteiger partial charge on any atom is -0.379 e. The standard InChI is InChI=1S/C6H15NO3.H3O4P/c1-4(8)7(5(2)9)6(3)10;1-5(2,3)4/h4-6,8-10H,1-3H3;(H3,1,2,3,4). The lowest BCUT2D eigenvalue weighted by Crippen LogP contribution is -2.45. The Morgan fingerprint density at radius 1 is 0.867 bits per heavy atom. The van der Waals surface area contributed by atoms with Crippen molar-refractivity contribution in [3.8, 4) is 0 Å². The second-order valence-corrected chi connectivity index (χ2v) is 3.88. The number of phosphoric acid groups is 1. The highest BCUT2D eigenvalue weighted by Crippen LogP contribution is 2.25. The van der Waals surface area contributed by atoms with Crippen molar-refractivity contribution in [1.82, 2.24) is 4.90 Å². The first-order chi connectivity index (χ1) is 6.46. The lowest BCUT2D eigenvalue weighted by molar-refractivity contribution is -0.159. The fourth-order valence-corrected chi connectivity index (χ4v) is 0.937. The maximum atomic E-state index is 8.96. The Balaban J connectivity index is 0. The van der Waals surface area contributed by atoms with E-state index in [4.69, 9.17) is 34.6 Å². The molecule has 0 bridgehead atoms. The van der Waals surface area contributed by atoms with Gasteiger partial charge in [-0.15, -0.1) is 0 Å². The third kappa shape index (κ3) is 14.0. The number of hydrogen-bond donors (Lipinski definition) is 6. The van der Waals surface area contributed by atoms with Gasteiger partial charge in [0.2, 0.25) is 0 Å². The molecular weight excluding hydrogens is 229 g/mol. The molecule has 3 atom stereocenters. The van der Waals surface area contributed by atoms with Gasteiger partial charge in [-0.3, -0.25) is 0 Å². The van der Waals surface area contributed by atoms with Crippen LogP contribution in [-0.4, -0.2) is 53.6 Å². The lowest BCUT2D eigenvalue weighted by atomic mass is 10.4. The monoisotopic (exact) mass is 247 g/mol. The van der Waals surface area contributed by atoms with Gasteiger partial charge in [0.25, 0.3) is 0 Å². The second kappa shape index (κ2) is 7.26. The van der Waals surface area contributed by atoms with Gasteiger partial charge in [-0.2, -0.15) is 0 Å². The third-order valence-electron chi connectivity index (χ3n) is 1.29. The van der Waals surface area contributed by atoms with Crippen molar-refractivity contribution in [2.24, 2.45) is 0 Å². The lowest BCUT2D eigenvalue weighted by Gasteiger charge is -2.30. The van der Waals surface area contributed by atoms with Crippen LogP contribution in [0.25, 0.3) is 0 Å². The Hall–Kier alpha value is -0.0500. The Labute approximate surface area is 87.6 Å². The molecule has 0 radical (unpaired) electrons. The van der Waals surface area contributed by atoms with E-state index in [0.29, 0.717) is 0 Å². The van der Waals surface area contributed by atoms with Crippen LogP contribution in [0, 0.1) is 0 Å². The third-order valence-corrected chi connectivity index (χ3v) is 1.29. The van der Waals surface area contributed by atoms with E-state index in [1.165, 1.54) is 25.7 Å². The van der Waals surface area contributed by atoms with Crippen LogP contribution in [0.2, 0.25) is 0 Å². The second-order valence-electron chi connectivity index (χ2n) is 2.86. The van der Waals surface area contributed by atoms with Crippen molar-refractivity contribution in [3.05, 3.63) is 0 Å². The first-order valence-electron chi connectivity index (χ1n) is 4.06. The number of rotatable bonds is 3. The van der Waals surface area contributed by atoms with Gasteiger partial charge < -0.3 is 30.0 Å². The summed E-state index contributed by atoms with van der Waals surface area (Å²) in [6, 6.07) is 0. The SMILES string of the molecule is CC(O)N(C(C)O)C(C)O.O=P(O)(O)O. The van der Waals surface area contributed by atoms with E-state index in [2.05, 4.69) is 0 Å². The summed E-state index contributed by atoms with van der Waals surface area (Å²) in [5.41, 5.74) is 0. The molecule has 0 aliphatic carbocycles. The van der Waals surface area contributed by atoms with Crippen molar-refractivity contribution in [3.63, 3.8) is 0 Å². The quantitative estimate of drug-likeness (QED) is 0.258. The highest BCUT2D eigenvalue weighted by atomic mass is 31.2. The molecule has 0 aromatic carbocycles. The molecule has 0 heterocycles. The topological polar surface area (TPSA) is 142 Å². The van der Waals surface area contributed by atoms with Crippen molar-refractivity contribution in [1.29, 1.82) is 0 Å². The van der Waals surface area contributed by atoms with Gasteiger partial charge in [0.05, 0.1) is 0 Å². The maximum absolute atomic E-state index is 8.96. The van der Waals surface area contributed by atoms with Gasteiger partial charge in [-0.25, -0.2) is 9.46 Å². The highest BCUT2D eigenvalue weighted by molar-refractivity contribution is 7.45. The highest BCUT2D eigenvalue weighted by Gasteiger charge is 2.20. The molecule has 0 aliphatic heterocycles. The molecule has 0 aliphatic rings. The molecule has 8 nitrogen and oxygen atoms in total. The molecule has 0 saturated heterocycles. The fraction of sp³-hybridized carbons (Fsp3) is 1.00. The number of aliphatic hydroxyl groups is 3. The maximum Gasteiger partial charge on any atom is 0.466 e. The molecule has 0 aromatic rings. The van der Waals surface area contributed by atoms with Gasteiger partial charge in [0.1, 0.15) is 18.7 Å². The van der Waals surface area contributed by atoms with Gasteiger partial charge >= 0.3 is 7.82 Å².